The Hall–Kier alpha value is -2.23. The third-order valence-electron chi connectivity index (χ3n) is 3.57. The van der Waals surface area contributed by atoms with E-state index in [4.69, 9.17) is 10.5 Å². The Morgan fingerprint density at radius 2 is 1.84 bits per heavy atom. The van der Waals surface area contributed by atoms with Crippen LogP contribution in [0.4, 0.5) is 5.82 Å². The zero-order valence-electron chi connectivity index (χ0n) is 11.7. The largest absolute Gasteiger partial charge is 0.496 e. The molecule has 0 saturated carbocycles. The number of benzene rings is 1. The number of aromatic nitrogens is 1. The smallest absolute Gasteiger partial charge is 0.252 e. The number of anilines is 1. The SMILES string of the molecule is COc1ccc(-c2cc(N)n(C)c(=O)c2)c(C)c1C. The molecule has 0 amide bonds. The summed E-state index contributed by atoms with van der Waals surface area (Å²) >= 11 is 0. The first-order valence-electron chi connectivity index (χ1n) is 6.06. The van der Waals surface area contributed by atoms with E-state index in [9.17, 15) is 4.79 Å². The summed E-state index contributed by atoms with van der Waals surface area (Å²) in [5, 5.41) is 0. The van der Waals surface area contributed by atoms with E-state index in [1.54, 1.807) is 20.2 Å². The molecule has 0 fully saturated rings. The van der Waals surface area contributed by atoms with Gasteiger partial charge in [-0.3, -0.25) is 9.36 Å². The minimum absolute atomic E-state index is 0.108. The summed E-state index contributed by atoms with van der Waals surface area (Å²) in [4.78, 5) is 11.8. The molecule has 0 aliphatic heterocycles. The van der Waals surface area contributed by atoms with Crippen molar-refractivity contribution in [2.75, 3.05) is 12.8 Å². The van der Waals surface area contributed by atoms with E-state index in [1.807, 2.05) is 32.0 Å². The van der Waals surface area contributed by atoms with Crippen molar-refractivity contribution < 1.29 is 4.74 Å². The van der Waals surface area contributed by atoms with Crippen LogP contribution in [0.3, 0.4) is 0 Å². The fraction of sp³-hybridized carbons (Fsp3) is 0.267. The molecule has 0 atom stereocenters. The lowest BCUT2D eigenvalue weighted by Gasteiger charge is -2.13. The Bertz CT molecular complexity index is 687. The molecule has 4 heteroatoms. The lowest BCUT2D eigenvalue weighted by Crippen LogP contribution is -2.18. The van der Waals surface area contributed by atoms with E-state index in [-0.39, 0.29) is 5.56 Å². The van der Waals surface area contributed by atoms with E-state index in [2.05, 4.69) is 0 Å². The summed E-state index contributed by atoms with van der Waals surface area (Å²) < 4.78 is 6.72. The van der Waals surface area contributed by atoms with Gasteiger partial charge in [0.05, 0.1) is 7.11 Å². The number of methoxy groups -OCH3 is 1. The van der Waals surface area contributed by atoms with Gasteiger partial charge in [0.1, 0.15) is 11.6 Å². The summed E-state index contributed by atoms with van der Waals surface area (Å²) in [6, 6.07) is 7.28. The zero-order valence-corrected chi connectivity index (χ0v) is 11.7. The van der Waals surface area contributed by atoms with Crippen LogP contribution in [0.15, 0.2) is 29.1 Å². The van der Waals surface area contributed by atoms with Crippen LogP contribution in [-0.4, -0.2) is 11.7 Å². The fourth-order valence-electron chi connectivity index (χ4n) is 2.14. The Labute approximate surface area is 112 Å². The lowest BCUT2D eigenvalue weighted by atomic mass is 9.97. The Kier molecular flexibility index (Phi) is 3.34. The van der Waals surface area contributed by atoms with Crippen LogP contribution in [0.25, 0.3) is 11.1 Å². The molecule has 0 aliphatic carbocycles. The number of hydrogen-bond donors (Lipinski definition) is 1. The average Bonchev–Trinajstić information content (AvgIpc) is 2.38. The van der Waals surface area contributed by atoms with Crippen molar-refractivity contribution in [2.45, 2.75) is 13.8 Å². The van der Waals surface area contributed by atoms with E-state index >= 15 is 0 Å². The quantitative estimate of drug-likeness (QED) is 0.899. The van der Waals surface area contributed by atoms with Crippen molar-refractivity contribution in [3.05, 3.63) is 45.7 Å². The van der Waals surface area contributed by atoms with Crippen LogP contribution >= 0.6 is 0 Å². The van der Waals surface area contributed by atoms with Gasteiger partial charge in [-0.1, -0.05) is 6.07 Å². The highest BCUT2D eigenvalue weighted by Crippen LogP contribution is 2.30. The molecule has 0 radical (unpaired) electrons. The minimum Gasteiger partial charge on any atom is -0.496 e. The van der Waals surface area contributed by atoms with Gasteiger partial charge in [-0.2, -0.15) is 0 Å². The van der Waals surface area contributed by atoms with Crippen molar-refractivity contribution in [3.8, 4) is 16.9 Å². The third kappa shape index (κ3) is 2.21. The Morgan fingerprint density at radius 3 is 2.42 bits per heavy atom. The molecule has 4 nitrogen and oxygen atoms in total. The van der Waals surface area contributed by atoms with Gasteiger partial charge in [0.25, 0.3) is 5.56 Å². The zero-order chi connectivity index (χ0) is 14.2. The van der Waals surface area contributed by atoms with Gasteiger partial charge in [-0.05, 0) is 48.2 Å². The molecule has 0 spiro atoms. The predicted octanol–water partition coefficient (Wildman–Crippen LogP) is 2.26. The molecule has 0 bridgehead atoms. The highest BCUT2D eigenvalue weighted by molar-refractivity contribution is 5.71. The fourth-order valence-corrected chi connectivity index (χ4v) is 2.14. The van der Waals surface area contributed by atoms with Gasteiger partial charge < -0.3 is 10.5 Å². The van der Waals surface area contributed by atoms with Crippen molar-refractivity contribution in [1.29, 1.82) is 0 Å². The predicted molar refractivity (Wildman–Crippen MR) is 77.6 cm³/mol. The van der Waals surface area contributed by atoms with Crippen molar-refractivity contribution in [3.63, 3.8) is 0 Å². The van der Waals surface area contributed by atoms with Gasteiger partial charge in [0, 0.05) is 13.1 Å². The second-order valence-corrected chi connectivity index (χ2v) is 4.63. The van der Waals surface area contributed by atoms with Crippen molar-refractivity contribution in [1.82, 2.24) is 4.57 Å². The first-order valence-corrected chi connectivity index (χ1v) is 6.06. The molecular formula is C15H18N2O2. The molecule has 2 rings (SSSR count). The van der Waals surface area contributed by atoms with E-state index < -0.39 is 0 Å². The molecule has 0 unspecified atom stereocenters. The highest BCUT2D eigenvalue weighted by atomic mass is 16.5. The van der Waals surface area contributed by atoms with Gasteiger partial charge in [-0.25, -0.2) is 0 Å². The van der Waals surface area contributed by atoms with Gasteiger partial charge in [0.15, 0.2) is 0 Å². The van der Waals surface area contributed by atoms with Crippen LogP contribution in [-0.2, 0) is 7.05 Å². The molecule has 1 aromatic heterocycles. The maximum Gasteiger partial charge on any atom is 0.252 e. The molecule has 2 aromatic rings. The maximum absolute atomic E-state index is 11.8. The Balaban J connectivity index is 2.66. The molecule has 0 saturated heterocycles. The monoisotopic (exact) mass is 258 g/mol. The summed E-state index contributed by atoms with van der Waals surface area (Å²) in [6.07, 6.45) is 0. The maximum atomic E-state index is 11.8. The summed E-state index contributed by atoms with van der Waals surface area (Å²) in [5.74, 6) is 1.30. The van der Waals surface area contributed by atoms with E-state index in [1.165, 1.54) is 4.57 Å². The second kappa shape index (κ2) is 4.80. The number of hydrogen-bond acceptors (Lipinski definition) is 3. The van der Waals surface area contributed by atoms with Crippen LogP contribution < -0.4 is 16.0 Å². The van der Waals surface area contributed by atoms with Crippen molar-refractivity contribution >= 4 is 5.82 Å². The lowest BCUT2D eigenvalue weighted by molar-refractivity contribution is 0.411. The molecule has 100 valence electrons. The molecule has 2 N–H and O–H groups in total. The Morgan fingerprint density at radius 1 is 1.16 bits per heavy atom. The van der Waals surface area contributed by atoms with E-state index in [0.29, 0.717) is 5.82 Å². The second-order valence-electron chi connectivity index (χ2n) is 4.63. The number of pyridine rings is 1. The summed E-state index contributed by atoms with van der Waals surface area (Å²) in [7, 11) is 3.31. The minimum atomic E-state index is -0.108. The molecule has 1 heterocycles. The van der Waals surface area contributed by atoms with Crippen LogP contribution in [0.2, 0.25) is 0 Å². The molecular weight excluding hydrogens is 240 g/mol. The summed E-state index contributed by atoms with van der Waals surface area (Å²) in [5.41, 5.74) is 9.73. The number of nitrogens with zero attached hydrogens (tertiary/aromatic N) is 1. The van der Waals surface area contributed by atoms with Gasteiger partial charge >= 0.3 is 0 Å². The van der Waals surface area contributed by atoms with Gasteiger partial charge in [0.2, 0.25) is 0 Å². The van der Waals surface area contributed by atoms with Crippen LogP contribution in [0.5, 0.6) is 5.75 Å². The first kappa shape index (κ1) is 13.2. The molecule has 1 aromatic carbocycles. The number of nitrogens with two attached hydrogens (primary N) is 1. The normalized spacial score (nSPS) is 10.5. The van der Waals surface area contributed by atoms with Crippen molar-refractivity contribution in [2.24, 2.45) is 7.05 Å². The average molecular weight is 258 g/mol. The first-order chi connectivity index (χ1) is 8.95. The van der Waals surface area contributed by atoms with Crippen LogP contribution in [0.1, 0.15) is 11.1 Å². The molecule has 0 aliphatic rings. The number of rotatable bonds is 2. The highest BCUT2D eigenvalue weighted by Gasteiger charge is 2.10. The third-order valence-corrected chi connectivity index (χ3v) is 3.57. The summed E-state index contributed by atoms with van der Waals surface area (Å²) in [6.45, 7) is 4.02. The topological polar surface area (TPSA) is 57.2 Å². The standard InChI is InChI=1S/C15H18N2O2/c1-9-10(2)13(19-4)6-5-12(9)11-7-14(16)17(3)15(18)8-11/h5-8H,16H2,1-4H3. The molecule has 19 heavy (non-hydrogen) atoms. The number of nitrogen functional groups attached to an aromatic ring is 1. The van der Waals surface area contributed by atoms with E-state index in [0.717, 1.165) is 28.0 Å². The van der Waals surface area contributed by atoms with Crippen LogP contribution in [0, 0.1) is 13.8 Å². The number of ether oxygens (including phenoxy) is 1. The van der Waals surface area contributed by atoms with Gasteiger partial charge in [-0.15, -0.1) is 0 Å².